The Morgan fingerprint density at radius 2 is 1.50 bits per heavy atom. The summed E-state index contributed by atoms with van der Waals surface area (Å²) in [5.41, 5.74) is 1.47. The second kappa shape index (κ2) is 17.4. The summed E-state index contributed by atoms with van der Waals surface area (Å²) in [7, 11) is 0. The van der Waals surface area contributed by atoms with Crippen molar-refractivity contribution in [2.24, 2.45) is 0 Å². The van der Waals surface area contributed by atoms with Crippen molar-refractivity contribution in [2.75, 3.05) is 32.9 Å². The number of nitrogens with zero attached hydrogens (tertiary/aromatic N) is 1. The fourth-order valence-corrected chi connectivity index (χ4v) is 4.45. The third kappa shape index (κ3) is 11.8. The number of rotatable bonds is 17. The van der Waals surface area contributed by atoms with E-state index in [0.717, 1.165) is 5.56 Å². The molecule has 0 aliphatic heterocycles. The van der Waals surface area contributed by atoms with E-state index in [9.17, 15) is 19.1 Å². The lowest BCUT2D eigenvalue weighted by Gasteiger charge is -2.22. The normalized spacial score (nSPS) is 11.5. The molecule has 0 saturated heterocycles. The summed E-state index contributed by atoms with van der Waals surface area (Å²) >= 11 is 12.0. The minimum absolute atomic E-state index is 0.00958. The van der Waals surface area contributed by atoms with Crippen LogP contribution in [0.3, 0.4) is 0 Å². The molecule has 1 unspecified atom stereocenters. The first-order chi connectivity index (χ1) is 20.2. The van der Waals surface area contributed by atoms with Crippen LogP contribution in [-0.4, -0.2) is 61.1 Å². The maximum absolute atomic E-state index is 13.2. The molecule has 0 bridgehead atoms. The maximum atomic E-state index is 13.2. The van der Waals surface area contributed by atoms with Crippen LogP contribution < -0.4 is 9.47 Å². The van der Waals surface area contributed by atoms with Crippen molar-refractivity contribution < 1.29 is 38.0 Å². The minimum atomic E-state index is -1.01. The summed E-state index contributed by atoms with van der Waals surface area (Å²) in [5, 5.41) is 10.3. The molecule has 1 atom stereocenters. The van der Waals surface area contributed by atoms with Gasteiger partial charge in [0.25, 0.3) is 0 Å². The third-order valence-electron chi connectivity index (χ3n) is 6.08. The number of benzene rings is 3. The summed E-state index contributed by atoms with van der Waals surface area (Å²) < 4.78 is 35.5. The molecule has 0 aliphatic rings. The maximum Gasteiger partial charge on any atom is 0.410 e. The van der Waals surface area contributed by atoms with E-state index in [1.807, 2.05) is 0 Å². The molecule has 42 heavy (non-hydrogen) atoms. The van der Waals surface area contributed by atoms with Crippen LogP contribution in [0, 0.1) is 5.82 Å². The Balaban J connectivity index is 1.51. The highest BCUT2D eigenvalue weighted by atomic mass is 35.5. The van der Waals surface area contributed by atoms with Gasteiger partial charge in [0.2, 0.25) is 0 Å². The van der Waals surface area contributed by atoms with Crippen LogP contribution in [0.5, 0.6) is 11.5 Å². The molecular weight excluding hydrogens is 588 g/mol. The van der Waals surface area contributed by atoms with Gasteiger partial charge in [0.05, 0.1) is 13.2 Å². The lowest BCUT2D eigenvalue weighted by Crippen LogP contribution is -2.36. The smallest absolute Gasteiger partial charge is 0.410 e. The molecule has 0 fully saturated rings. The summed E-state index contributed by atoms with van der Waals surface area (Å²) in [4.78, 5) is 25.8. The number of carbonyl (C=O) groups excluding carboxylic acids is 1. The number of carboxylic acids is 1. The van der Waals surface area contributed by atoms with Crippen molar-refractivity contribution in [2.45, 2.75) is 38.9 Å². The number of carbonyl (C=O) groups is 2. The van der Waals surface area contributed by atoms with Crippen molar-refractivity contribution >= 4 is 35.3 Å². The largest absolute Gasteiger partial charge is 0.493 e. The fraction of sp³-hybridized carbons (Fsp3) is 0.355. The van der Waals surface area contributed by atoms with Gasteiger partial charge in [-0.2, -0.15) is 0 Å². The standard InChI is InChI=1S/C31H34Cl2FNO7/c1-2-39-29(30(36)37)17-22-7-11-27(12-8-22)41-16-14-35(31(38)42-21-23-5-9-26(34)10-6-23)13-3-4-15-40-28-19-24(32)18-25(33)20-28/h5-12,18-20,29H,2-4,13-17,21H2,1H3,(H,36,37). The molecule has 3 aromatic rings. The molecule has 0 saturated carbocycles. The molecule has 8 nitrogen and oxygen atoms in total. The van der Waals surface area contributed by atoms with E-state index in [4.69, 9.17) is 42.1 Å². The van der Waals surface area contributed by atoms with Crippen LogP contribution in [0.4, 0.5) is 9.18 Å². The molecule has 1 N–H and O–H groups in total. The molecule has 11 heteroatoms. The Morgan fingerprint density at radius 1 is 0.857 bits per heavy atom. The van der Waals surface area contributed by atoms with E-state index in [0.29, 0.717) is 59.7 Å². The van der Waals surface area contributed by atoms with E-state index in [1.54, 1.807) is 66.4 Å². The minimum Gasteiger partial charge on any atom is -0.493 e. The lowest BCUT2D eigenvalue weighted by atomic mass is 10.1. The topological polar surface area (TPSA) is 94.5 Å². The number of unbranched alkanes of at least 4 members (excludes halogenated alkanes) is 1. The molecule has 0 radical (unpaired) electrons. The highest BCUT2D eigenvalue weighted by molar-refractivity contribution is 6.34. The number of amides is 1. The molecule has 3 rings (SSSR count). The predicted molar refractivity (Wildman–Crippen MR) is 158 cm³/mol. The Bertz CT molecular complexity index is 1260. The van der Waals surface area contributed by atoms with E-state index < -0.39 is 18.2 Å². The zero-order valence-corrected chi connectivity index (χ0v) is 24.8. The summed E-state index contributed by atoms with van der Waals surface area (Å²) in [6.07, 6.45) is 0.110. The van der Waals surface area contributed by atoms with Crippen LogP contribution in [0.15, 0.2) is 66.7 Å². The second-order valence-corrected chi connectivity index (χ2v) is 10.2. The molecule has 0 heterocycles. The number of ether oxygens (including phenoxy) is 4. The van der Waals surface area contributed by atoms with Crippen LogP contribution in [0.2, 0.25) is 10.0 Å². The number of aliphatic carboxylic acids is 1. The molecule has 0 aliphatic carbocycles. The van der Waals surface area contributed by atoms with Gasteiger partial charge < -0.3 is 29.0 Å². The van der Waals surface area contributed by atoms with Crippen LogP contribution in [0.1, 0.15) is 30.9 Å². The zero-order valence-electron chi connectivity index (χ0n) is 23.3. The van der Waals surface area contributed by atoms with Crippen LogP contribution >= 0.6 is 23.2 Å². The number of halogens is 3. The van der Waals surface area contributed by atoms with Gasteiger partial charge in [-0.05, 0) is 73.4 Å². The van der Waals surface area contributed by atoms with Gasteiger partial charge in [0, 0.05) is 29.6 Å². The second-order valence-electron chi connectivity index (χ2n) is 9.31. The van der Waals surface area contributed by atoms with Gasteiger partial charge in [-0.3, -0.25) is 0 Å². The Labute approximate surface area is 254 Å². The number of carboxylic acid groups (broad SMARTS) is 1. The van der Waals surface area contributed by atoms with Crippen molar-refractivity contribution in [3.05, 3.63) is 93.7 Å². The quantitative estimate of drug-likeness (QED) is 0.161. The van der Waals surface area contributed by atoms with E-state index in [1.165, 1.54) is 12.1 Å². The Morgan fingerprint density at radius 3 is 2.14 bits per heavy atom. The highest BCUT2D eigenvalue weighted by Crippen LogP contribution is 2.24. The van der Waals surface area contributed by atoms with E-state index >= 15 is 0 Å². The first-order valence-corrected chi connectivity index (χ1v) is 14.3. The Kier molecular flexibility index (Phi) is 13.7. The first kappa shape index (κ1) is 33.0. The van der Waals surface area contributed by atoms with Crippen molar-refractivity contribution in [1.82, 2.24) is 4.90 Å². The zero-order chi connectivity index (χ0) is 30.3. The molecule has 0 spiro atoms. The lowest BCUT2D eigenvalue weighted by molar-refractivity contribution is -0.149. The predicted octanol–water partition coefficient (Wildman–Crippen LogP) is 7.04. The van der Waals surface area contributed by atoms with Gasteiger partial charge in [-0.25, -0.2) is 14.0 Å². The monoisotopic (exact) mass is 621 g/mol. The summed E-state index contributed by atoms with van der Waals surface area (Å²) in [6.45, 7) is 3.35. The molecular formula is C31H34Cl2FNO7. The van der Waals surface area contributed by atoms with E-state index in [2.05, 4.69) is 0 Å². The average Bonchev–Trinajstić information content (AvgIpc) is 2.95. The molecule has 1 amide bonds. The summed E-state index contributed by atoms with van der Waals surface area (Å²) in [6, 6.07) is 17.8. The van der Waals surface area contributed by atoms with Gasteiger partial charge in [0.15, 0.2) is 6.10 Å². The van der Waals surface area contributed by atoms with Gasteiger partial charge in [-0.15, -0.1) is 0 Å². The Hall–Kier alpha value is -3.53. The van der Waals surface area contributed by atoms with Gasteiger partial charge >= 0.3 is 12.1 Å². The first-order valence-electron chi connectivity index (χ1n) is 13.5. The highest BCUT2D eigenvalue weighted by Gasteiger charge is 2.18. The van der Waals surface area contributed by atoms with Crippen molar-refractivity contribution in [1.29, 1.82) is 0 Å². The van der Waals surface area contributed by atoms with Crippen molar-refractivity contribution in [3.8, 4) is 11.5 Å². The molecule has 3 aromatic carbocycles. The average molecular weight is 623 g/mol. The SMILES string of the molecule is CCOC(Cc1ccc(OCCN(CCCCOc2cc(Cl)cc(Cl)c2)C(=O)OCc2ccc(F)cc2)cc1)C(=O)O. The molecule has 0 aromatic heterocycles. The van der Waals surface area contributed by atoms with Crippen LogP contribution in [0.25, 0.3) is 0 Å². The third-order valence-corrected chi connectivity index (χ3v) is 6.52. The van der Waals surface area contributed by atoms with Crippen LogP contribution in [-0.2, 0) is 27.3 Å². The number of hydrogen-bond donors (Lipinski definition) is 1. The number of hydrogen-bond acceptors (Lipinski definition) is 6. The van der Waals surface area contributed by atoms with E-state index in [-0.39, 0.29) is 32.0 Å². The molecule has 226 valence electrons. The fourth-order valence-electron chi connectivity index (χ4n) is 3.95. The van der Waals surface area contributed by atoms with Crippen molar-refractivity contribution in [3.63, 3.8) is 0 Å². The van der Waals surface area contributed by atoms with Gasteiger partial charge in [0.1, 0.15) is 30.5 Å². The van der Waals surface area contributed by atoms with Gasteiger partial charge in [-0.1, -0.05) is 47.5 Å². The summed E-state index contributed by atoms with van der Waals surface area (Å²) in [5.74, 6) is -0.228.